The summed E-state index contributed by atoms with van der Waals surface area (Å²) in [5.74, 6) is 1.67. The minimum atomic E-state index is -0.659. The fourth-order valence-electron chi connectivity index (χ4n) is 4.68. The van der Waals surface area contributed by atoms with Crippen molar-refractivity contribution in [1.82, 2.24) is 4.90 Å². The molecule has 1 aromatic carbocycles. The van der Waals surface area contributed by atoms with Crippen molar-refractivity contribution in [2.45, 2.75) is 70.8 Å². The number of hydrogen-bond donors (Lipinski definition) is 1. The summed E-state index contributed by atoms with van der Waals surface area (Å²) in [6.45, 7) is 9.15. The minimum Gasteiger partial charge on any atom is -0.494 e. The van der Waals surface area contributed by atoms with Gasteiger partial charge in [-0.1, -0.05) is 26.2 Å². The Balaban J connectivity index is 1.42. The van der Waals surface area contributed by atoms with Gasteiger partial charge in [-0.3, -0.25) is 4.79 Å². The topological polar surface area (TPSA) is 50.8 Å². The lowest BCUT2D eigenvalue weighted by Gasteiger charge is -2.35. The highest BCUT2D eigenvalue weighted by Gasteiger charge is 2.40. The van der Waals surface area contributed by atoms with Crippen molar-refractivity contribution >= 4 is 11.6 Å². The molecule has 162 valence electrons. The van der Waals surface area contributed by atoms with Gasteiger partial charge in [0.25, 0.3) is 5.91 Å². The van der Waals surface area contributed by atoms with E-state index in [9.17, 15) is 4.79 Å². The molecule has 1 aromatic rings. The fourth-order valence-corrected chi connectivity index (χ4v) is 4.68. The maximum Gasteiger partial charge on any atom is 0.256 e. The van der Waals surface area contributed by atoms with Crippen LogP contribution in [0.5, 0.6) is 5.75 Å². The molecular formula is C24H38N2O3. The quantitative estimate of drug-likeness (QED) is 0.599. The molecular weight excluding hydrogens is 364 g/mol. The second-order valence-electron chi connectivity index (χ2n) is 8.72. The minimum absolute atomic E-state index is 0.0107. The van der Waals surface area contributed by atoms with Crippen LogP contribution in [0.25, 0.3) is 0 Å². The first-order valence-corrected chi connectivity index (χ1v) is 11.5. The lowest BCUT2D eigenvalue weighted by molar-refractivity contribution is -0.145. The van der Waals surface area contributed by atoms with Crippen molar-refractivity contribution in [3.8, 4) is 5.75 Å². The third-order valence-electron chi connectivity index (χ3n) is 6.24. The Morgan fingerprint density at radius 2 is 1.93 bits per heavy atom. The first-order chi connectivity index (χ1) is 14.1. The highest BCUT2D eigenvalue weighted by molar-refractivity contribution is 5.97. The highest BCUT2D eigenvalue weighted by atomic mass is 16.5. The Bertz CT molecular complexity index is 620. The van der Waals surface area contributed by atoms with E-state index in [1.165, 1.54) is 32.4 Å². The molecule has 0 bridgehead atoms. The Morgan fingerprint density at radius 3 is 2.62 bits per heavy atom. The molecule has 1 N–H and O–H groups in total. The van der Waals surface area contributed by atoms with Crippen LogP contribution < -0.4 is 10.1 Å². The van der Waals surface area contributed by atoms with Gasteiger partial charge in [-0.2, -0.15) is 0 Å². The molecule has 5 heteroatoms. The van der Waals surface area contributed by atoms with Crippen molar-refractivity contribution in [3.63, 3.8) is 0 Å². The lowest BCUT2D eigenvalue weighted by atomic mass is 9.83. The zero-order valence-corrected chi connectivity index (χ0v) is 18.3. The third-order valence-corrected chi connectivity index (χ3v) is 6.24. The number of carbonyl (C=O) groups excluding carboxylic acids is 1. The first-order valence-electron chi connectivity index (χ1n) is 11.5. The number of nitrogens with zero attached hydrogens (tertiary/aromatic N) is 1. The van der Waals surface area contributed by atoms with Crippen molar-refractivity contribution in [2.24, 2.45) is 5.92 Å². The summed E-state index contributed by atoms with van der Waals surface area (Å²) >= 11 is 0. The monoisotopic (exact) mass is 402 g/mol. The number of rotatable bonds is 9. The number of anilines is 1. The number of benzene rings is 1. The Morgan fingerprint density at radius 1 is 1.17 bits per heavy atom. The molecule has 1 heterocycles. The molecule has 2 fully saturated rings. The Hall–Kier alpha value is -1.59. The predicted molar refractivity (Wildman–Crippen MR) is 117 cm³/mol. The average Bonchev–Trinajstić information content (AvgIpc) is 2.73. The maximum atomic E-state index is 12.9. The van der Waals surface area contributed by atoms with Crippen molar-refractivity contribution in [3.05, 3.63) is 24.3 Å². The average molecular weight is 403 g/mol. The van der Waals surface area contributed by atoms with E-state index in [0.29, 0.717) is 6.61 Å². The number of ether oxygens (including phenoxy) is 2. The van der Waals surface area contributed by atoms with E-state index in [1.54, 1.807) is 0 Å². The van der Waals surface area contributed by atoms with E-state index in [4.69, 9.17) is 9.47 Å². The normalized spacial score (nSPS) is 22.2. The first kappa shape index (κ1) is 22.1. The van der Waals surface area contributed by atoms with E-state index in [-0.39, 0.29) is 5.91 Å². The molecule has 0 aromatic heterocycles. The molecule has 1 atom stereocenters. The summed E-state index contributed by atoms with van der Waals surface area (Å²) in [5, 5.41) is 3.05. The number of amides is 1. The number of hydrogen-bond acceptors (Lipinski definition) is 4. The molecule has 3 rings (SSSR count). The summed E-state index contributed by atoms with van der Waals surface area (Å²) in [6.07, 6.45) is 8.63. The zero-order chi connectivity index (χ0) is 20.5. The van der Waals surface area contributed by atoms with E-state index in [0.717, 1.165) is 62.6 Å². The van der Waals surface area contributed by atoms with Gasteiger partial charge in [0.1, 0.15) is 11.4 Å². The number of likely N-dealkylation sites (tertiary alicyclic amines) is 1. The molecule has 5 nitrogen and oxygen atoms in total. The summed E-state index contributed by atoms with van der Waals surface area (Å²) in [4.78, 5) is 15.4. The second kappa shape index (κ2) is 11.0. The van der Waals surface area contributed by atoms with Gasteiger partial charge in [-0.25, -0.2) is 0 Å². The van der Waals surface area contributed by atoms with Crippen LogP contribution in [0.15, 0.2) is 24.3 Å². The molecule has 29 heavy (non-hydrogen) atoms. The van der Waals surface area contributed by atoms with Crippen LogP contribution in [-0.2, 0) is 9.53 Å². The van der Waals surface area contributed by atoms with Crippen molar-refractivity contribution in [1.29, 1.82) is 0 Å². The van der Waals surface area contributed by atoms with Crippen LogP contribution in [0, 0.1) is 5.92 Å². The van der Waals surface area contributed by atoms with E-state index < -0.39 is 5.60 Å². The molecule has 1 amide bonds. The van der Waals surface area contributed by atoms with Crippen LogP contribution in [0.2, 0.25) is 0 Å². The van der Waals surface area contributed by atoms with Gasteiger partial charge in [0.05, 0.1) is 6.61 Å². The molecule has 1 saturated heterocycles. The second-order valence-corrected chi connectivity index (χ2v) is 8.72. The molecule has 1 aliphatic carbocycles. The third kappa shape index (κ3) is 6.45. The van der Waals surface area contributed by atoms with Crippen LogP contribution in [-0.4, -0.2) is 49.3 Å². The number of carbonyl (C=O) groups is 1. The summed E-state index contributed by atoms with van der Waals surface area (Å²) in [7, 11) is 0. The zero-order valence-electron chi connectivity index (χ0n) is 18.3. The van der Waals surface area contributed by atoms with Gasteiger partial charge >= 0.3 is 0 Å². The molecule has 0 spiro atoms. The molecule has 0 unspecified atom stereocenters. The fraction of sp³-hybridized carbons (Fsp3) is 0.708. The largest absolute Gasteiger partial charge is 0.494 e. The van der Waals surface area contributed by atoms with Crippen molar-refractivity contribution in [2.75, 3.05) is 38.2 Å². The summed E-state index contributed by atoms with van der Waals surface area (Å²) < 4.78 is 11.8. The van der Waals surface area contributed by atoms with Gasteiger partial charge in [0.2, 0.25) is 0 Å². The van der Waals surface area contributed by atoms with Crippen LogP contribution >= 0.6 is 0 Å². The van der Waals surface area contributed by atoms with Gasteiger partial charge in [-0.15, -0.1) is 0 Å². The SMILES string of the molecule is CCOC1(C(=O)Nc2ccc(OCCCN3CCC[C@@H](C)C3)cc2)CCCCC1. The molecule has 0 radical (unpaired) electrons. The summed E-state index contributed by atoms with van der Waals surface area (Å²) in [5.41, 5.74) is 0.142. The van der Waals surface area contributed by atoms with E-state index in [2.05, 4.69) is 17.1 Å². The number of piperidine rings is 1. The Labute approximate surface area is 176 Å². The lowest BCUT2D eigenvalue weighted by Crippen LogP contribution is -2.47. The van der Waals surface area contributed by atoms with E-state index >= 15 is 0 Å². The van der Waals surface area contributed by atoms with Crippen LogP contribution in [0.4, 0.5) is 5.69 Å². The molecule has 2 aliphatic rings. The van der Waals surface area contributed by atoms with Gasteiger partial charge < -0.3 is 19.7 Å². The van der Waals surface area contributed by atoms with Crippen molar-refractivity contribution < 1.29 is 14.3 Å². The van der Waals surface area contributed by atoms with Crippen LogP contribution in [0.3, 0.4) is 0 Å². The van der Waals surface area contributed by atoms with E-state index in [1.807, 2.05) is 31.2 Å². The summed E-state index contributed by atoms with van der Waals surface area (Å²) in [6, 6.07) is 7.71. The molecule has 1 saturated carbocycles. The standard InChI is InChI=1S/C24H38N2O3/c1-3-29-24(14-5-4-6-15-24)23(27)25-21-10-12-22(13-11-21)28-18-8-17-26-16-7-9-20(2)19-26/h10-13,20H,3-9,14-19H2,1-2H3,(H,25,27)/t20-/m1/s1. The Kier molecular flexibility index (Phi) is 8.37. The molecule has 1 aliphatic heterocycles. The number of nitrogens with one attached hydrogen (secondary N) is 1. The predicted octanol–water partition coefficient (Wildman–Crippen LogP) is 4.87. The van der Waals surface area contributed by atoms with Gasteiger partial charge in [0, 0.05) is 25.4 Å². The van der Waals surface area contributed by atoms with Gasteiger partial charge in [0.15, 0.2) is 0 Å². The highest BCUT2D eigenvalue weighted by Crippen LogP contribution is 2.33. The maximum absolute atomic E-state index is 12.9. The van der Waals surface area contributed by atoms with Gasteiger partial charge in [-0.05, 0) is 75.8 Å². The smallest absolute Gasteiger partial charge is 0.256 e. The van der Waals surface area contributed by atoms with Crippen LogP contribution in [0.1, 0.15) is 65.2 Å².